The summed E-state index contributed by atoms with van der Waals surface area (Å²) in [4.78, 5) is 13.5. The van der Waals surface area contributed by atoms with Crippen LogP contribution < -0.4 is 5.32 Å². The van der Waals surface area contributed by atoms with Gasteiger partial charge in [-0.1, -0.05) is 41.8 Å². The number of Topliss-reactive ketones (excluding diaryl/α,β-unsaturated/α-hetero) is 1. The molecular weight excluding hydrogens is 453 g/mol. The van der Waals surface area contributed by atoms with Gasteiger partial charge in [-0.05, 0) is 74.0 Å². The number of rotatable bonds is 8. The number of hydrogen-bond donors (Lipinski definition) is 1. The zero-order valence-electron chi connectivity index (χ0n) is 17.3. The molecule has 31 heavy (non-hydrogen) atoms. The Labute approximate surface area is 194 Å². The highest BCUT2D eigenvalue weighted by molar-refractivity contribution is 7.91. The predicted molar refractivity (Wildman–Crippen MR) is 125 cm³/mol. The summed E-state index contributed by atoms with van der Waals surface area (Å²) in [6, 6.07) is 12.2. The molecular formula is C24H27Cl2NO3S. The lowest BCUT2D eigenvalue weighted by Gasteiger charge is -2.31. The van der Waals surface area contributed by atoms with E-state index in [-0.39, 0.29) is 23.5 Å². The molecule has 166 valence electrons. The highest BCUT2D eigenvalue weighted by Crippen LogP contribution is 2.34. The van der Waals surface area contributed by atoms with Crippen molar-refractivity contribution in [1.29, 1.82) is 0 Å². The van der Waals surface area contributed by atoms with Crippen molar-refractivity contribution in [2.45, 2.75) is 55.4 Å². The molecule has 2 atom stereocenters. The van der Waals surface area contributed by atoms with Gasteiger partial charge < -0.3 is 5.32 Å². The zero-order chi connectivity index (χ0) is 22.0. The molecule has 0 radical (unpaired) electrons. The summed E-state index contributed by atoms with van der Waals surface area (Å²) in [5.74, 6) is 0.447. The van der Waals surface area contributed by atoms with Crippen LogP contribution in [-0.4, -0.2) is 32.5 Å². The molecule has 1 aliphatic heterocycles. The van der Waals surface area contributed by atoms with Crippen LogP contribution in [0.1, 0.15) is 60.4 Å². The van der Waals surface area contributed by atoms with Crippen molar-refractivity contribution in [3.05, 3.63) is 63.6 Å². The Morgan fingerprint density at radius 2 is 1.77 bits per heavy atom. The summed E-state index contributed by atoms with van der Waals surface area (Å²) in [5.41, 5.74) is 1.44. The number of halogens is 2. The Morgan fingerprint density at radius 3 is 2.39 bits per heavy atom. The third kappa shape index (κ3) is 5.70. The van der Waals surface area contributed by atoms with E-state index in [0.717, 1.165) is 44.2 Å². The average molecular weight is 480 g/mol. The van der Waals surface area contributed by atoms with Crippen molar-refractivity contribution in [1.82, 2.24) is 5.32 Å². The fourth-order valence-corrected chi connectivity index (χ4v) is 6.56. The number of carbonyl (C=O) groups is 1. The highest BCUT2D eigenvalue weighted by Gasteiger charge is 2.31. The molecule has 2 aromatic carbocycles. The van der Waals surface area contributed by atoms with Crippen molar-refractivity contribution in [3.63, 3.8) is 0 Å². The first kappa shape index (κ1) is 22.8. The van der Waals surface area contributed by atoms with E-state index in [1.165, 1.54) is 0 Å². The average Bonchev–Trinajstić information content (AvgIpc) is 3.56. The zero-order valence-corrected chi connectivity index (χ0v) is 19.6. The fourth-order valence-electron chi connectivity index (χ4n) is 4.35. The number of nitrogens with one attached hydrogen (secondary N) is 1. The van der Waals surface area contributed by atoms with Gasteiger partial charge in [0.05, 0.1) is 15.7 Å². The molecule has 4 nitrogen and oxygen atoms in total. The smallest absolute Gasteiger partial charge is 0.178 e. The molecule has 1 saturated heterocycles. The second-order valence-electron chi connectivity index (χ2n) is 8.71. The number of piperidine rings is 1. The lowest BCUT2D eigenvalue weighted by Crippen LogP contribution is -2.39. The summed E-state index contributed by atoms with van der Waals surface area (Å²) < 4.78 is 25.2. The maximum Gasteiger partial charge on any atom is 0.178 e. The molecule has 2 aliphatic rings. The molecule has 1 heterocycles. The molecule has 4 rings (SSSR count). The molecule has 1 saturated carbocycles. The van der Waals surface area contributed by atoms with E-state index < -0.39 is 9.84 Å². The largest absolute Gasteiger partial charge is 0.313 e. The number of sulfone groups is 1. The lowest BCUT2D eigenvalue weighted by molar-refractivity contribution is 0.0964. The molecule has 0 spiro atoms. The number of ketones is 1. The topological polar surface area (TPSA) is 63.2 Å². The Bertz CT molecular complexity index is 1040. The minimum Gasteiger partial charge on any atom is -0.313 e. The quantitative estimate of drug-likeness (QED) is 0.494. The van der Waals surface area contributed by atoms with Crippen LogP contribution >= 0.6 is 23.2 Å². The Morgan fingerprint density at radius 1 is 1.03 bits per heavy atom. The monoisotopic (exact) mass is 479 g/mol. The van der Waals surface area contributed by atoms with Gasteiger partial charge in [0.15, 0.2) is 15.6 Å². The highest BCUT2D eigenvalue weighted by atomic mass is 35.5. The van der Waals surface area contributed by atoms with E-state index in [2.05, 4.69) is 5.32 Å². The molecule has 1 unspecified atom stereocenters. The third-order valence-electron chi connectivity index (χ3n) is 6.29. The summed E-state index contributed by atoms with van der Waals surface area (Å²) in [7, 11) is -3.25. The molecule has 7 heteroatoms. The molecule has 2 fully saturated rings. The number of hydrogen-bond acceptors (Lipinski definition) is 4. The van der Waals surface area contributed by atoms with Crippen molar-refractivity contribution in [2.75, 3.05) is 12.3 Å². The normalized spacial score (nSPS) is 20.4. The van der Waals surface area contributed by atoms with Crippen LogP contribution in [0, 0.1) is 5.92 Å². The van der Waals surface area contributed by atoms with Gasteiger partial charge in [-0.15, -0.1) is 0 Å². The lowest BCUT2D eigenvalue weighted by atomic mass is 9.82. The van der Waals surface area contributed by atoms with Crippen LogP contribution in [0.3, 0.4) is 0 Å². The summed E-state index contributed by atoms with van der Waals surface area (Å²) in [5, 5.41) is 4.40. The Kier molecular flexibility index (Phi) is 7.07. The third-order valence-corrected chi connectivity index (χ3v) is 8.74. The Balaban J connectivity index is 1.58. The van der Waals surface area contributed by atoms with Crippen LogP contribution in [-0.2, 0) is 9.84 Å². The van der Waals surface area contributed by atoms with Gasteiger partial charge in [-0.3, -0.25) is 4.79 Å². The van der Waals surface area contributed by atoms with Crippen molar-refractivity contribution >= 4 is 38.8 Å². The summed E-state index contributed by atoms with van der Waals surface area (Å²) in [6.45, 7) is 0.922. The van der Waals surface area contributed by atoms with Crippen LogP contribution in [0.4, 0.5) is 0 Å². The minimum absolute atomic E-state index is 0.0375. The summed E-state index contributed by atoms with van der Waals surface area (Å²) >= 11 is 12.2. The number of carbonyl (C=O) groups excluding carboxylic acids is 1. The van der Waals surface area contributed by atoms with Crippen LogP contribution in [0.2, 0.25) is 10.0 Å². The molecule has 1 N–H and O–H groups in total. The second kappa shape index (κ2) is 9.62. The van der Waals surface area contributed by atoms with E-state index in [9.17, 15) is 13.2 Å². The van der Waals surface area contributed by atoms with Crippen molar-refractivity contribution in [3.8, 4) is 0 Å². The summed E-state index contributed by atoms with van der Waals surface area (Å²) in [6.07, 6.45) is 5.52. The predicted octanol–water partition coefficient (Wildman–Crippen LogP) is 5.68. The van der Waals surface area contributed by atoms with Gasteiger partial charge >= 0.3 is 0 Å². The van der Waals surface area contributed by atoms with Crippen molar-refractivity contribution < 1.29 is 13.2 Å². The molecule has 2 aromatic rings. The molecule has 0 aromatic heterocycles. The van der Waals surface area contributed by atoms with Gasteiger partial charge in [-0.2, -0.15) is 0 Å². The maximum atomic E-state index is 13.1. The first-order chi connectivity index (χ1) is 14.8. The first-order valence-electron chi connectivity index (χ1n) is 10.9. The van der Waals surface area contributed by atoms with E-state index in [1.54, 1.807) is 30.3 Å². The fraction of sp³-hybridized carbons (Fsp3) is 0.458. The van der Waals surface area contributed by atoms with Gasteiger partial charge in [0.1, 0.15) is 0 Å². The molecule has 1 aliphatic carbocycles. The van der Waals surface area contributed by atoms with Gasteiger partial charge in [0, 0.05) is 29.0 Å². The van der Waals surface area contributed by atoms with E-state index >= 15 is 0 Å². The van der Waals surface area contributed by atoms with Gasteiger partial charge in [0.2, 0.25) is 0 Å². The van der Waals surface area contributed by atoms with E-state index in [0.29, 0.717) is 32.8 Å². The van der Waals surface area contributed by atoms with Gasteiger partial charge in [0.25, 0.3) is 0 Å². The van der Waals surface area contributed by atoms with Gasteiger partial charge in [-0.25, -0.2) is 8.42 Å². The molecule has 0 bridgehead atoms. The Hall–Kier alpha value is -1.40. The molecule has 0 amide bonds. The SMILES string of the molecule is O=C(C[C@H](c1ccc(S(=O)(=O)CC2CC2)cc1)C1CCCCN1)c1ccc(Cl)cc1Cl. The van der Waals surface area contributed by atoms with Crippen LogP contribution in [0.5, 0.6) is 0 Å². The van der Waals surface area contributed by atoms with Crippen LogP contribution in [0.15, 0.2) is 47.4 Å². The second-order valence-corrected chi connectivity index (χ2v) is 11.6. The standard InChI is InChI=1S/C24H27Cl2NO3S/c25-18-8-11-20(22(26)13-18)24(28)14-21(23-3-1-2-12-27-23)17-6-9-19(10-7-17)31(29,30)15-16-4-5-16/h6-11,13,16,21,23,27H,1-5,12,14-15H2/t21-,23?/m1/s1. The van der Waals surface area contributed by atoms with E-state index in [4.69, 9.17) is 23.2 Å². The number of benzene rings is 2. The van der Waals surface area contributed by atoms with E-state index in [1.807, 2.05) is 12.1 Å². The first-order valence-corrected chi connectivity index (χ1v) is 13.3. The minimum atomic E-state index is -3.25. The van der Waals surface area contributed by atoms with Crippen LogP contribution in [0.25, 0.3) is 0 Å². The maximum absolute atomic E-state index is 13.1. The van der Waals surface area contributed by atoms with Crippen molar-refractivity contribution in [2.24, 2.45) is 5.92 Å².